The van der Waals surface area contributed by atoms with Crippen molar-refractivity contribution in [1.29, 1.82) is 0 Å². The summed E-state index contributed by atoms with van der Waals surface area (Å²) in [6, 6.07) is 7.83. The average Bonchev–Trinajstić information content (AvgIpc) is 2.86. The molecule has 1 aromatic rings. The first kappa shape index (κ1) is 13.2. The van der Waals surface area contributed by atoms with Gasteiger partial charge in [-0.1, -0.05) is 15.9 Å². The Morgan fingerprint density at radius 2 is 2.18 bits per heavy atom. The summed E-state index contributed by atoms with van der Waals surface area (Å²) in [4.78, 5) is 0. The number of ether oxygens (including phenoxy) is 1. The Morgan fingerprint density at radius 1 is 1.41 bits per heavy atom. The molecule has 1 aliphatic heterocycles. The molecule has 1 saturated heterocycles. The molecule has 4 heteroatoms. The van der Waals surface area contributed by atoms with Gasteiger partial charge in [0.25, 0.3) is 0 Å². The summed E-state index contributed by atoms with van der Waals surface area (Å²) in [5.74, 6) is 4.14. The summed E-state index contributed by atoms with van der Waals surface area (Å²) in [6.07, 6.45) is 1.21. The largest absolute Gasteiger partial charge is 0.493 e. The van der Waals surface area contributed by atoms with E-state index in [1.54, 1.807) is 0 Å². The van der Waals surface area contributed by atoms with Gasteiger partial charge in [-0.15, -0.1) is 0 Å². The van der Waals surface area contributed by atoms with E-state index in [1.165, 1.54) is 12.2 Å². The minimum atomic E-state index is 0.224. The van der Waals surface area contributed by atoms with Crippen molar-refractivity contribution in [3.8, 4) is 5.75 Å². The fraction of sp³-hybridized carbons (Fsp3) is 0.538. The van der Waals surface area contributed by atoms with E-state index in [4.69, 9.17) is 4.74 Å². The Labute approximate surface area is 115 Å². The first-order chi connectivity index (χ1) is 8.29. The van der Waals surface area contributed by atoms with Gasteiger partial charge in [0, 0.05) is 17.0 Å². The number of rotatable bonds is 5. The first-order valence-corrected chi connectivity index (χ1v) is 7.81. The third-order valence-electron chi connectivity index (χ3n) is 3.14. The summed E-state index contributed by atoms with van der Waals surface area (Å²) in [5, 5.41) is 9.41. The number of hydrogen-bond acceptors (Lipinski definition) is 3. The molecule has 2 atom stereocenters. The number of benzene rings is 1. The zero-order valence-corrected chi connectivity index (χ0v) is 12.0. The molecule has 2 nitrogen and oxygen atoms in total. The SMILES string of the molecule is OCC(COc1ccc(Br)cc1)C1CCSC1. The maximum absolute atomic E-state index is 9.41. The Hall–Kier alpha value is -0.190. The van der Waals surface area contributed by atoms with Gasteiger partial charge in [0.1, 0.15) is 5.75 Å². The van der Waals surface area contributed by atoms with Crippen molar-refractivity contribution >= 4 is 27.7 Å². The maximum Gasteiger partial charge on any atom is 0.119 e. The van der Waals surface area contributed by atoms with Crippen LogP contribution < -0.4 is 4.74 Å². The Kier molecular flexibility index (Phi) is 5.19. The van der Waals surface area contributed by atoms with Gasteiger partial charge in [0.15, 0.2) is 0 Å². The third-order valence-corrected chi connectivity index (χ3v) is 4.86. The lowest BCUT2D eigenvalue weighted by Crippen LogP contribution is -2.25. The van der Waals surface area contributed by atoms with Gasteiger partial charge in [-0.2, -0.15) is 11.8 Å². The molecule has 1 aliphatic rings. The molecule has 2 unspecified atom stereocenters. The normalized spacial score (nSPS) is 21.4. The zero-order valence-electron chi connectivity index (χ0n) is 9.64. The van der Waals surface area contributed by atoms with Crippen LogP contribution in [0.3, 0.4) is 0 Å². The van der Waals surface area contributed by atoms with Crippen LogP contribution in [-0.2, 0) is 0 Å². The fourth-order valence-corrected chi connectivity index (χ4v) is 3.64. The highest BCUT2D eigenvalue weighted by molar-refractivity contribution is 9.10. The van der Waals surface area contributed by atoms with Crippen molar-refractivity contribution in [1.82, 2.24) is 0 Å². The summed E-state index contributed by atoms with van der Waals surface area (Å²) in [6.45, 7) is 0.838. The highest BCUT2D eigenvalue weighted by Crippen LogP contribution is 2.30. The van der Waals surface area contributed by atoms with Crippen LogP contribution in [0.5, 0.6) is 5.75 Å². The molecule has 0 aliphatic carbocycles. The van der Waals surface area contributed by atoms with Crippen molar-refractivity contribution < 1.29 is 9.84 Å². The smallest absolute Gasteiger partial charge is 0.119 e. The number of thioether (sulfide) groups is 1. The van der Waals surface area contributed by atoms with E-state index in [0.717, 1.165) is 16.0 Å². The molecule has 1 N–H and O–H groups in total. The molecular formula is C13H17BrO2S. The van der Waals surface area contributed by atoms with Crippen LogP contribution >= 0.6 is 27.7 Å². The van der Waals surface area contributed by atoms with Gasteiger partial charge in [-0.3, -0.25) is 0 Å². The van der Waals surface area contributed by atoms with Crippen LogP contribution in [-0.4, -0.2) is 29.8 Å². The van der Waals surface area contributed by atoms with Gasteiger partial charge in [-0.05, 0) is 48.1 Å². The molecule has 0 saturated carbocycles. The molecule has 2 rings (SSSR count). The number of aliphatic hydroxyl groups is 1. The van der Waals surface area contributed by atoms with Crippen LogP contribution in [0.15, 0.2) is 28.7 Å². The second-order valence-electron chi connectivity index (χ2n) is 4.33. The van der Waals surface area contributed by atoms with E-state index in [9.17, 15) is 5.11 Å². The van der Waals surface area contributed by atoms with Crippen LogP contribution in [0.2, 0.25) is 0 Å². The molecular weight excluding hydrogens is 300 g/mol. The van der Waals surface area contributed by atoms with Crippen LogP contribution in [0.1, 0.15) is 6.42 Å². The minimum Gasteiger partial charge on any atom is -0.493 e. The summed E-state index contributed by atoms with van der Waals surface area (Å²) in [7, 11) is 0. The molecule has 1 heterocycles. The van der Waals surface area contributed by atoms with Crippen LogP contribution in [0.4, 0.5) is 0 Å². The Bertz CT molecular complexity index is 336. The number of hydrogen-bond donors (Lipinski definition) is 1. The minimum absolute atomic E-state index is 0.224. The number of aliphatic hydroxyl groups excluding tert-OH is 1. The molecule has 0 bridgehead atoms. The van der Waals surface area contributed by atoms with Crippen molar-refractivity contribution in [2.75, 3.05) is 24.7 Å². The first-order valence-electron chi connectivity index (χ1n) is 5.86. The average molecular weight is 317 g/mol. The van der Waals surface area contributed by atoms with Crippen molar-refractivity contribution in [2.45, 2.75) is 6.42 Å². The molecule has 94 valence electrons. The standard InChI is InChI=1S/C13H17BrO2S/c14-12-1-3-13(4-2-12)16-8-11(7-15)10-5-6-17-9-10/h1-4,10-11,15H,5-9H2. The van der Waals surface area contributed by atoms with Crippen molar-refractivity contribution in [3.63, 3.8) is 0 Å². The zero-order chi connectivity index (χ0) is 12.1. The van der Waals surface area contributed by atoms with E-state index in [1.807, 2.05) is 36.0 Å². The molecule has 0 amide bonds. The summed E-state index contributed by atoms with van der Waals surface area (Å²) < 4.78 is 6.79. The molecule has 0 aromatic heterocycles. The molecule has 1 fully saturated rings. The second kappa shape index (κ2) is 6.66. The predicted octanol–water partition coefficient (Wildman–Crippen LogP) is 3.19. The fourth-order valence-electron chi connectivity index (χ4n) is 2.00. The van der Waals surface area contributed by atoms with Crippen LogP contribution in [0, 0.1) is 11.8 Å². The van der Waals surface area contributed by atoms with Gasteiger partial charge in [0.2, 0.25) is 0 Å². The van der Waals surface area contributed by atoms with Gasteiger partial charge >= 0.3 is 0 Å². The summed E-state index contributed by atoms with van der Waals surface area (Å²) >= 11 is 5.37. The highest BCUT2D eigenvalue weighted by atomic mass is 79.9. The van der Waals surface area contributed by atoms with Crippen LogP contribution in [0.25, 0.3) is 0 Å². The highest BCUT2D eigenvalue weighted by Gasteiger charge is 2.25. The molecule has 17 heavy (non-hydrogen) atoms. The lowest BCUT2D eigenvalue weighted by atomic mass is 9.93. The predicted molar refractivity (Wildman–Crippen MR) is 75.6 cm³/mol. The van der Waals surface area contributed by atoms with E-state index in [-0.39, 0.29) is 12.5 Å². The molecule has 0 radical (unpaired) electrons. The summed E-state index contributed by atoms with van der Waals surface area (Å²) in [5.41, 5.74) is 0. The lowest BCUT2D eigenvalue weighted by molar-refractivity contribution is 0.126. The maximum atomic E-state index is 9.41. The van der Waals surface area contributed by atoms with E-state index >= 15 is 0 Å². The van der Waals surface area contributed by atoms with Crippen molar-refractivity contribution in [3.05, 3.63) is 28.7 Å². The van der Waals surface area contributed by atoms with E-state index in [0.29, 0.717) is 12.5 Å². The lowest BCUT2D eigenvalue weighted by Gasteiger charge is -2.20. The molecule has 0 spiro atoms. The van der Waals surface area contributed by atoms with Gasteiger partial charge in [-0.25, -0.2) is 0 Å². The van der Waals surface area contributed by atoms with E-state index in [2.05, 4.69) is 15.9 Å². The van der Waals surface area contributed by atoms with Gasteiger partial charge in [0.05, 0.1) is 6.61 Å². The van der Waals surface area contributed by atoms with E-state index < -0.39 is 0 Å². The number of halogens is 1. The Morgan fingerprint density at radius 3 is 2.76 bits per heavy atom. The Balaban J connectivity index is 1.84. The van der Waals surface area contributed by atoms with Gasteiger partial charge < -0.3 is 9.84 Å². The third kappa shape index (κ3) is 3.90. The molecule has 1 aromatic carbocycles. The second-order valence-corrected chi connectivity index (χ2v) is 6.40. The monoisotopic (exact) mass is 316 g/mol. The quantitative estimate of drug-likeness (QED) is 0.904. The van der Waals surface area contributed by atoms with Crippen molar-refractivity contribution in [2.24, 2.45) is 11.8 Å². The topological polar surface area (TPSA) is 29.5 Å².